The quantitative estimate of drug-likeness (QED) is 0.709. The van der Waals surface area contributed by atoms with Crippen LogP contribution in [-0.4, -0.2) is 6.54 Å². The molecule has 2 heterocycles. The van der Waals surface area contributed by atoms with Crippen LogP contribution in [0.15, 0.2) is 11.4 Å². The van der Waals surface area contributed by atoms with Crippen LogP contribution >= 0.6 is 35.3 Å². The van der Waals surface area contributed by atoms with E-state index < -0.39 is 0 Å². The number of thiophene rings is 1. The van der Waals surface area contributed by atoms with Gasteiger partial charge in [-0.15, -0.1) is 35.3 Å². The first-order valence-corrected chi connectivity index (χ1v) is 4.11. The fraction of sp³-hybridized carbons (Fsp3) is 0.429. The molecule has 1 aliphatic rings. The van der Waals surface area contributed by atoms with Crippen molar-refractivity contribution in [3.05, 3.63) is 21.9 Å². The molecule has 56 valence electrons. The van der Waals surface area contributed by atoms with Crippen molar-refractivity contribution in [3.8, 4) is 0 Å². The van der Waals surface area contributed by atoms with Gasteiger partial charge in [0.05, 0.1) is 0 Å². The minimum Gasteiger partial charge on any atom is -0.312 e. The maximum atomic E-state index is 3.33. The Hall–Kier alpha value is 0.390. The number of nitrogens with one attached hydrogen (secondary N) is 1. The van der Waals surface area contributed by atoms with Gasteiger partial charge in [0.25, 0.3) is 0 Å². The summed E-state index contributed by atoms with van der Waals surface area (Å²) < 4.78 is 0. The molecule has 1 N–H and O–H groups in total. The highest BCUT2D eigenvalue weighted by Gasteiger charge is 2.07. The van der Waals surface area contributed by atoms with Crippen molar-refractivity contribution in [2.24, 2.45) is 0 Å². The van der Waals surface area contributed by atoms with Gasteiger partial charge >= 0.3 is 0 Å². The average molecular weight is 267 g/mol. The van der Waals surface area contributed by atoms with Crippen molar-refractivity contribution in [1.29, 1.82) is 0 Å². The minimum atomic E-state index is 0. The molecule has 0 bridgehead atoms. The first-order chi connectivity index (χ1) is 4.47. The predicted molar refractivity (Wildman–Crippen MR) is 55.1 cm³/mol. The van der Waals surface area contributed by atoms with Crippen LogP contribution in [0, 0.1) is 0 Å². The van der Waals surface area contributed by atoms with E-state index in [1.54, 1.807) is 4.88 Å². The third-order valence-electron chi connectivity index (χ3n) is 1.68. The highest BCUT2D eigenvalue weighted by atomic mass is 127. The van der Waals surface area contributed by atoms with Crippen LogP contribution in [0.1, 0.15) is 10.4 Å². The number of halogens is 1. The SMILES string of the molecule is I.c1cc2c(s1)CCNC2. The Bertz CT molecular complexity index is 189. The van der Waals surface area contributed by atoms with Crippen molar-refractivity contribution >= 4 is 35.3 Å². The Morgan fingerprint density at radius 3 is 3.20 bits per heavy atom. The normalized spacial score (nSPS) is 15.6. The van der Waals surface area contributed by atoms with E-state index in [1.165, 1.54) is 12.0 Å². The Labute approximate surface area is 81.9 Å². The molecular weight excluding hydrogens is 257 g/mol. The molecule has 1 aromatic rings. The van der Waals surface area contributed by atoms with Gasteiger partial charge in [-0.05, 0) is 23.4 Å². The molecule has 2 rings (SSSR count). The maximum absolute atomic E-state index is 3.33. The van der Waals surface area contributed by atoms with Gasteiger partial charge in [-0.1, -0.05) is 0 Å². The second-order valence-corrected chi connectivity index (χ2v) is 3.30. The maximum Gasteiger partial charge on any atom is 0.0216 e. The van der Waals surface area contributed by atoms with E-state index >= 15 is 0 Å². The fourth-order valence-electron chi connectivity index (χ4n) is 1.17. The van der Waals surface area contributed by atoms with E-state index in [2.05, 4.69) is 16.8 Å². The van der Waals surface area contributed by atoms with Gasteiger partial charge in [0, 0.05) is 18.0 Å². The first kappa shape index (κ1) is 8.49. The number of hydrogen-bond donors (Lipinski definition) is 1. The van der Waals surface area contributed by atoms with Crippen LogP contribution in [0.4, 0.5) is 0 Å². The Morgan fingerprint density at radius 1 is 1.50 bits per heavy atom. The van der Waals surface area contributed by atoms with Gasteiger partial charge in [-0.3, -0.25) is 0 Å². The van der Waals surface area contributed by atoms with Crippen LogP contribution in [0.2, 0.25) is 0 Å². The van der Waals surface area contributed by atoms with E-state index in [1.807, 2.05) is 11.3 Å². The number of fused-ring (bicyclic) bond motifs is 1. The van der Waals surface area contributed by atoms with Gasteiger partial charge < -0.3 is 5.32 Å². The van der Waals surface area contributed by atoms with Crippen LogP contribution in [-0.2, 0) is 13.0 Å². The number of hydrogen-bond acceptors (Lipinski definition) is 2. The molecule has 1 nitrogen and oxygen atoms in total. The molecular formula is C7H10INS. The zero-order valence-electron chi connectivity index (χ0n) is 5.59. The summed E-state index contributed by atoms with van der Waals surface area (Å²) in [7, 11) is 0. The molecule has 0 aromatic carbocycles. The third-order valence-corrected chi connectivity index (χ3v) is 2.70. The second-order valence-electron chi connectivity index (χ2n) is 2.30. The largest absolute Gasteiger partial charge is 0.312 e. The summed E-state index contributed by atoms with van der Waals surface area (Å²) in [5.74, 6) is 0. The van der Waals surface area contributed by atoms with Gasteiger partial charge in [-0.2, -0.15) is 0 Å². The zero-order chi connectivity index (χ0) is 6.10. The van der Waals surface area contributed by atoms with E-state index in [0.29, 0.717) is 0 Å². The monoisotopic (exact) mass is 267 g/mol. The molecule has 1 aromatic heterocycles. The van der Waals surface area contributed by atoms with Crippen molar-refractivity contribution in [1.82, 2.24) is 5.32 Å². The van der Waals surface area contributed by atoms with Gasteiger partial charge in [-0.25, -0.2) is 0 Å². The van der Waals surface area contributed by atoms with Crippen LogP contribution in [0.25, 0.3) is 0 Å². The van der Waals surface area contributed by atoms with Crippen LogP contribution in [0.5, 0.6) is 0 Å². The molecule has 0 fully saturated rings. The molecule has 0 unspecified atom stereocenters. The highest BCUT2D eigenvalue weighted by molar-refractivity contribution is 14.0. The lowest BCUT2D eigenvalue weighted by atomic mass is 10.1. The highest BCUT2D eigenvalue weighted by Crippen LogP contribution is 2.19. The average Bonchev–Trinajstić information content (AvgIpc) is 2.33. The molecule has 1 aliphatic heterocycles. The van der Waals surface area contributed by atoms with Crippen molar-refractivity contribution < 1.29 is 0 Å². The first-order valence-electron chi connectivity index (χ1n) is 3.23. The summed E-state index contributed by atoms with van der Waals surface area (Å²) in [5, 5.41) is 5.51. The van der Waals surface area contributed by atoms with Crippen molar-refractivity contribution in [3.63, 3.8) is 0 Å². The molecule has 10 heavy (non-hydrogen) atoms. The van der Waals surface area contributed by atoms with E-state index in [0.717, 1.165) is 13.1 Å². The van der Waals surface area contributed by atoms with Crippen LogP contribution < -0.4 is 5.32 Å². The summed E-state index contributed by atoms with van der Waals surface area (Å²) >= 11 is 1.89. The molecule has 0 amide bonds. The Kier molecular flexibility index (Phi) is 3.13. The van der Waals surface area contributed by atoms with E-state index in [4.69, 9.17) is 0 Å². The lowest BCUT2D eigenvalue weighted by Gasteiger charge is -2.10. The Morgan fingerprint density at radius 2 is 2.40 bits per heavy atom. The van der Waals surface area contributed by atoms with Crippen molar-refractivity contribution in [2.75, 3.05) is 6.54 Å². The topological polar surface area (TPSA) is 12.0 Å². The summed E-state index contributed by atoms with van der Waals surface area (Å²) in [6, 6.07) is 2.21. The van der Waals surface area contributed by atoms with Gasteiger partial charge in [0.2, 0.25) is 0 Å². The standard InChI is InChI=1S/C7H9NS.HI/c1-3-8-5-6-2-4-9-7(1)6;/h2,4,8H,1,3,5H2;1H. The zero-order valence-corrected chi connectivity index (χ0v) is 8.74. The molecule has 0 aliphatic carbocycles. The van der Waals surface area contributed by atoms with E-state index in [-0.39, 0.29) is 24.0 Å². The molecule has 0 radical (unpaired) electrons. The molecule has 0 atom stereocenters. The molecule has 0 spiro atoms. The van der Waals surface area contributed by atoms with Gasteiger partial charge in [0.15, 0.2) is 0 Å². The summed E-state index contributed by atoms with van der Waals surface area (Å²) in [6.45, 7) is 2.24. The summed E-state index contributed by atoms with van der Waals surface area (Å²) in [6.07, 6.45) is 1.23. The van der Waals surface area contributed by atoms with Crippen LogP contribution in [0.3, 0.4) is 0 Å². The lowest BCUT2D eigenvalue weighted by molar-refractivity contribution is 0.653. The number of rotatable bonds is 0. The fourth-order valence-corrected chi connectivity index (χ4v) is 2.08. The lowest BCUT2D eigenvalue weighted by Crippen LogP contribution is -2.21. The predicted octanol–water partition coefficient (Wildman–Crippen LogP) is 2.01. The van der Waals surface area contributed by atoms with E-state index in [9.17, 15) is 0 Å². The van der Waals surface area contributed by atoms with Gasteiger partial charge in [0.1, 0.15) is 0 Å². The molecule has 0 saturated heterocycles. The minimum absolute atomic E-state index is 0. The molecule has 0 saturated carbocycles. The third kappa shape index (κ3) is 1.52. The van der Waals surface area contributed by atoms with Crippen molar-refractivity contribution in [2.45, 2.75) is 13.0 Å². The Balaban J connectivity index is 0.000000500. The smallest absolute Gasteiger partial charge is 0.0216 e. The molecule has 3 heteroatoms. The summed E-state index contributed by atoms with van der Waals surface area (Å²) in [4.78, 5) is 1.58. The summed E-state index contributed by atoms with van der Waals surface area (Å²) in [5.41, 5.74) is 1.51. The second kappa shape index (κ2) is 3.69.